The number of rotatable bonds is 1. The lowest BCUT2D eigenvalue weighted by molar-refractivity contribution is 0.0187. The van der Waals surface area contributed by atoms with E-state index in [9.17, 15) is 0 Å². The molecular formula is C15H15BN2O2. The maximum Gasteiger partial charge on any atom is 0.205 e. The van der Waals surface area contributed by atoms with Gasteiger partial charge in [0.05, 0.1) is 5.71 Å². The van der Waals surface area contributed by atoms with Crippen molar-refractivity contribution in [2.24, 2.45) is 10.9 Å². The molecule has 0 aromatic heterocycles. The Bertz CT molecular complexity index is 574. The van der Waals surface area contributed by atoms with Gasteiger partial charge in [0.1, 0.15) is 19.7 Å². The van der Waals surface area contributed by atoms with Crippen molar-refractivity contribution in [3.63, 3.8) is 0 Å². The average molecular weight is 266 g/mol. The van der Waals surface area contributed by atoms with Crippen LogP contribution in [0.15, 0.2) is 23.2 Å². The summed E-state index contributed by atoms with van der Waals surface area (Å²) in [5.74, 6) is 1.23. The normalized spacial score (nSPS) is 24.8. The highest BCUT2D eigenvalue weighted by Gasteiger charge is 2.32. The largest absolute Gasteiger partial charge is 0.489 e. The van der Waals surface area contributed by atoms with Crippen LogP contribution in [0.3, 0.4) is 0 Å². The third-order valence-corrected chi connectivity index (χ3v) is 3.96. The van der Waals surface area contributed by atoms with E-state index in [0.29, 0.717) is 17.8 Å². The molecule has 0 saturated carbocycles. The molecular weight excluding hydrogens is 251 g/mol. The lowest BCUT2D eigenvalue weighted by Gasteiger charge is -2.34. The summed E-state index contributed by atoms with van der Waals surface area (Å²) in [6.07, 6.45) is 4.61. The van der Waals surface area contributed by atoms with Crippen molar-refractivity contribution in [2.45, 2.75) is 25.4 Å². The van der Waals surface area contributed by atoms with Crippen LogP contribution in [-0.2, 0) is 4.74 Å². The monoisotopic (exact) mass is 266 g/mol. The Kier molecular flexibility index (Phi) is 3.75. The zero-order valence-electron chi connectivity index (χ0n) is 11.2. The Morgan fingerprint density at radius 2 is 2.10 bits per heavy atom. The molecule has 0 bridgehead atoms. The molecule has 1 aromatic carbocycles. The fourth-order valence-corrected chi connectivity index (χ4v) is 2.90. The van der Waals surface area contributed by atoms with Crippen molar-refractivity contribution in [1.82, 2.24) is 0 Å². The number of benzene rings is 1. The molecule has 0 spiro atoms. The van der Waals surface area contributed by atoms with Crippen molar-refractivity contribution in [2.75, 3.05) is 13.2 Å². The van der Waals surface area contributed by atoms with Crippen molar-refractivity contribution in [3.05, 3.63) is 23.8 Å². The number of aliphatic imine (C=N–C) groups is 1. The van der Waals surface area contributed by atoms with E-state index in [-0.39, 0.29) is 6.10 Å². The lowest BCUT2D eigenvalue weighted by atomic mass is 9.85. The first-order valence-corrected chi connectivity index (χ1v) is 6.88. The van der Waals surface area contributed by atoms with Crippen LogP contribution in [0.25, 0.3) is 0 Å². The van der Waals surface area contributed by atoms with Gasteiger partial charge in [-0.05, 0) is 18.9 Å². The van der Waals surface area contributed by atoms with Crippen LogP contribution in [0, 0.1) is 17.4 Å². The van der Waals surface area contributed by atoms with E-state index in [1.54, 1.807) is 0 Å². The summed E-state index contributed by atoms with van der Waals surface area (Å²) in [4.78, 5) is 3.97. The van der Waals surface area contributed by atoms with Crippen LogP contribution < -0.4 is 10.2 Å². The minimum atomic E-state index is 0.0714. The van der Waals surface area contributed by atoms with Gasteiger partial charge in [-0.1, -0.05) is 17.6 Å². The molecule has 0 N–H and O–H groups in total. The minimum Gasteiger partial charge on any atom is -0.489 e. The third kappa shape index (κ3) is 2.57. The van der Waals surface area contributed by atoms with Gasteiger partial charge in [-0.15, -0.1) is 0 Å². The molecule has 1 fully saturated rings. The predicted octanol–water partition coefficient (Wildman–Crippen LogP) is 1.33. The van der Waals surface area contributed by atoms with Gasteiger partial charge in [-0.2, -0.15) is 10.3 Å². The fraction of sp³-hybridized carbons (Fsp3) is 0.467. The van der Waals surface area contributed by atoms with Crippen molar-refractivity contribution >= 4 is 19.0 Å². The first-order valence-electron chi connectivity index (χ1n) is 6.88. The maximum absolute atomic E-state index is 8.88. The smallest absolute Gasteiger partial charge is 0.205 e. The first-order chi connectivity index (χ1) is 9.78. The van der Waals surface area contributed by atoms with Gasteiger partial charge in [-0.3, -0.25) is 0 Å². The molecule has 20 heavy (non-hydrogen) atoms. The molecule has 2 heterocycles. The highest BCUT2D eigenvalue weighted by atomic mass is 16.5. The Hall–Kier alpha value is -1.80. The molecule has 1 aromatic rings. The third-order valence-electron chi connectivity index (χ3n) is 3.96. The summed E-state index contributed by atoms with van der Waals surface area (Å²) in [6, 6.07) is 5.50. The van der Waals surface area contributed by atoms with Crippen LogP contribution in [0.4, 0.5) is 0 Å². The Morgan fingerprint density at radius 3 is 2.85 bits per heavy atom. The molecule has 0 amide bonds. The number of hydrogen-bond donors (Lipinski definition) is 0. The van der Waals surface area contributed by atoms with Crippen LogP contribution in [0.1, 0.15) is 24.8 Å². The lowest BCUT2D eigenvalue weighted by Crippen LogP contribution is -2.37. The molecule has 2 aliphatic rings. The molecule has 1 atom stereocenters. The molecule has 1 unspecified atom stereocenters. The highest BCUT2D eigenvalue weighted by molar-refractivity contribution is 6.33. The minimum absolute atomic E-state index is 0.0714. The van der Waals surface area contributed by atoms with E-state index in [4.69, 9.17) is 22.6 Å². The second-order valence-electron chi connectivity index (χ2n) is 5.22. The Balaban J connectivity index is 1.91. The van der Waals surface area contributed by atoms with Crippen LogP contribution in [0.2, 0.25) is 0 Å². The summed E-state index contributed by atoms with van der Waals surface area (Å²) in [5.41, 5.74) is 2.27. The number of hydrogen-bond acceptors (Lipinski definition) is 4. The van der Waals surface area contributed by atoms with Gasteiger partial charge in [0.15, 0.2) is 0 Å². The van der Waals surface area contributed by atoms with Crippen LogP contribution in [-0.4, -0.2) is 32.9 Å². The van der Waals surface area contributed by atoms with Crippen LogP contribution in [0.5, 0.6) is 5.75 Å². The SMILES string of the molecule is [B]c1ccc2c(c1)C(=NC#N)CC(C1CCOCC1)O2. The molecule has 2 aliphatic heterocycles. The van der Waals surface area contributed by atoms with Gasteiger partial charge >= 0.3 is 0 Å². The molecule has 5 heteroatoms. The van der Waals surface area contributed by atoms with E-state index < -0.39 is 0 Å². The van der Waals surface area contributed by atoms with Crippen molar-refractivity contribution < 1.29 is 9.47 Å². The summed E-state index contributed by atoms with van der Waals surface area (Å²) in [7, 11) is 5.81. The van der Waals surface area contributed by atoms with E-state index >= 15 is 0 Å². The van der Waals surface area contributed by atoms with E-state index in [2.05, 4.69) is 4.99 Å². The van der Waals surface area contributed by atoms with Gasteiger partial charge < -0.3 is 9.47 Å². The topological polar surface area (TPSA) is 54.6 Å². The number of fused-ring (bicyclic) bond motifs is 1. The predicted molar refractivity (Wildman–Crippen MR) is 76.6 cm³/mol. The average Bonchev–Trinajstić information content (AvgIpc) is 2.49. The second kappa shape index (κ2) is 5.68. The summed E-state index contributed by atoms with van der Waals surface area (Å²) >= 11 is 0. The summed E-state index contributed by atoms with van der Waals surface area (Å²) < 4.78 is 11.5. The Labute approximate surface area is 119 Å². The van der Waals surface area contributed by atoms with E-state index in [1.807, 2.05) is 24.4 Å². The molecule has 2 radical (unpaired) electrons. The van der Waals surface area contributed by atoms with Gasteiger partial charge in [0, 0.05) is 31.1 Å². The second-order valence-corrected chi connectivity index (χ2v) is 5.22. The standard InChI is InChI=1S/C15H15BN2O2/c16-11-1-2-14-12(7-11)13(18-9-17)8-15(20-14)10-3-5-19-6-4-10/h1-2,7,10,15H,3-6,8H2. The maximum atomic E-state index is 8.88. The zero-order valence-corrected chi connectivity index (χ0v) is 11.2. The van der Waals surface area contributed by atoms with Crippen molar-refractivity contribution in [1.29, 1.82) is 5.26 Å². The summed E-state index contributed by atoms with van der Waals surface area (Å²) in [5, 5.41) is 8.88. The fourth-order valence-electron chi connectivity index (χ4n) is 2.90. The molecule has 3 rings (SSSR count). The van der Waals surface area contributed by atoms with Crippen molar-refractivity contribution in [3.8, 4) is 11.9 Å². The molecule has 4 nitrogen and oxygen atoms in total. The van der Waals surface area contributed by atoms with Gasteiger partial charge in [-0.25, -0.2) is 0 Å². The highest BCUT2D eigenvalue weighted by Crippen LogP contribution is 2.33. The van der Waals surface area contributed by atoms with E-state index in [0.717, 1.165) is 43.1 Å². The number of ether oxygens (including phenoxy) is 2. The van der Waals surface area contributed by atoms with Crippen LogP contribution >= 0.6 is 0 Å². The summed E-state index contributed by atoms with van der Waals surface area (Å²) in [6.45, 7) is 1.56. The number of nitriles is 1. The Morgan fingerprint density at radius 1 is 1.30 bits per heavy atom. The molecule has 100 valence electrons. The quantitative estimate of drug-likeness (QED) is 0.569. The van der Waals surface area contributed by atoms with E-state index in [1.165, 1.54) is 0 Å². The molecule has 1 saturated heterocycles. The zero-order chi connectivity index (χ0) is 13.9. The van der Waals surface area contributed by atoms with Gasteiger partial charge in [0.25, 0.3) is 0 Å². The number of nitrogens with zero attached hydrogens (tertiary/aromatic N) is 2. The first kappa shape index (κ1) is 13.2. The molecule has 0 aliphatic carbocycles. The van der Waals surface area contributed by atoms with Gasteiger partial charge in [0.2, 0.25) is 6.19 Å².